The van der Waals surface area contributed by atoms with Crippen molar-refractivity contribution in [1.29, 1.82) is 0 Å². The van der Waals surface area contributed by atoms with Crippen LogP contribution < -0.4 is 10.1 Å². The lowest BCUT2D eigenvalue weighted by atomic mass is 10.0. The first-order valence-corrected chi connectivity index (χ1v) is 9.06. The van der Waals surface area contributed by atoms with Gasteiger partial charge in [-0.1, -0.05) is 41.9 Å². The lowest BCUT2D eigenvalue weighted by molar-refractivity contribution is 0.0162. The number of carbonyl (C=O) groups excluding carboxylic acids is 1. The van der Waals surface area contributed by atoms with Gasteiger partial charge in [-0.2, -0.15) is 0 Å². The molecule has 1 aliphatic heterocycles. The van der Waals surface area contributed by atoms with Crippen LogP contribution in [0.15, 0.2) is 48.5 Å². The second-order valence-electron chi connectivity index (χ2n) is 6.10. The lowest BCUT2D eigenvalue weighted by Gasteiger charge is -2.35. The molecule has 1 saturated heterocycles. The molecule has 5 nitrogen and oxygen atoms in total. The molecule has 0 spiro atoms. The van der Waals surface area contributed by atoms with Crippen LogP contribution in [0.2, 0.25) is 5.02 Å². The Balaban J connectivity index is 0.00000261. The molecule has 1 amide bonds. The fourth-order valence-corrected chi connectivity index (χ4v) is 3.45. The summed E-state index contributed by atoms with van der Waals surface area (Å²) in [6, 6.07) is 15.0. The van der Waals surface area contributed by atoms with Crippen molar-refractivity contribution >= 4 is 29.9 Å². The summed E-state index contributed by atoms with van der Waals surface area (Å²) in [5.41, 5.74) is 1.53. The summed E-state index contributed by atoms with van der Waals surface area (Å²) >= 11 is 6.43. The van der Waals surface area contributed by atoms with Crippen molar-refractivity contribution in [2.45, 2.75) is 6.04 Å². The molecule has 1 aliphatic rings. The van der Waals surface area contributed by atoms with E-state index in [1.807, 2.05) is 36.4 Å². The van der Waals surface area contributed by atoms with Gasteiger partial charge in [0.1, 0.15) is 5.75 Å². The number of methoxy groups -OCH3 is 1. The van der Waals surface area contributed by atoms with Gasteiger partial charge in [-0.15, -0.1) is 12.4 Å². The molecule has 2 aromatic carbocycles. The number of nitrogens with zero attached hydrogens (tertiary/aromatic N) is 1. The molecule has 1 N–H and O–H groups in total. The normalized spacial score (nSPS) is 15.5. The van der Waals surface area contributed by atoms with Crippen LogP contribution in [-0.4, -0.2) is 50.8 Å². The molecule has 0 radical (unpaired) electrons. The fourth-order valence-electron chi connectivity index (χ4n) is 3.19. The first kappa shape index (κ1) is 21.5. The van der Waals surface area contributed by atoms with Gasteiger partial charge in [-0.05, 0) is 23.8 Å². The standard InChI is InChI=1S/C20H23ClN2O3.ClH/c1-25-19-9-5-3-7-16(19)20(24)22-14-18(23-10-12-26-13-11-23)15-6-2-4-8-17(15)21;/h2-9,18H,10-14H2,1H3,(H,22,24);1H. The predicted octanol–water partition coefficient (Wildman–Crippen LogP) is 3.57. The summed E-state index contributed by atoms with van der Waals surface area (Å²) in [5, 5.41) is 3.74. The minimum atomic E-state index is -0.159. The van der Waals surface area contributed by atoms with Crippen LogP contribution in [0.1, 0.15) is 22.0 Å². The van der Waals surface area contributed by atoms with E-state index in [0.29, 0.717) is 36.1 Å². The van der Waals surface area contributed by atoms with Gasteiger partial charge in [0.25, 0.3) is 5.91 Å². The number of ether oxygens (including phenoxy) is 2. The van der Waals surface area contributed by atoms with Gasteiger partial charge in [0.2, 0.25) is 0 Å². The highest BCUT2D eigenvalue weighted by atomic mass is 35.5. The zero-order valence-electron chi connectivity index (χ0n) is 15.2. The Labute approximate surface area is 171 Å². The summed E-state index contributed by atoms with van der Waals surface area (Å²) in [5.74, 6) is 0.401. The van der Waals surface area contributed by atoms with Gasteiger partial charge in [-0.25, -0.2) is 0 Å². The number of hydrogen-bond donors (Lipinski definition) is 1. The van der Waals surface area contributed by atoms with E-state index in [-0.39, 0.29) is 24.4 Å². The van der Waals surface area contributed by atoms with Crippen molar-refractivity contribution < 1.29 is 14.3 Å². The maximum absolute atomic E-state index is 12.7. The van der Waals surface area contributed by atoms with Crippen molar-refractivity contribution in [3.05, 3.63) is 64.7 Å². The molecule has 2 aromatic rings. The van der Waals surface area contributed by atoms with Gasteiger partial charge in [0, 0.05) is 24.7 Å². The van der Waals surface area contributed by atoms with E-state index in [9.17, 15) is 4.79 Å². The maximum Gasteiger partial charge on any atom is 0.255 e. The van der Waals surface area contributed by atoms with Crippen molar-refractivity contribution in [3.63, 3.8) is 0 Å². The number of nitrogens with one attached hydrogen (secondary N) is 1. The van der Waals surface area contributed by atoms with E-state index < -0.39 is 0 Å². The number of halogens is 2. The minimum Gasteiger partial charge on any atom is -0.496 e. The van der Waals surface area contributed by atoms with Gasteiger partial charge in [0.15, 0.2) is 0 Å². The van der Waals surface area contributed by atoms with E-state index >= 15 is 0 Å². The number of carbonyl (C=O) groups is 1. The number of morpholine rings is 1. The summed E-state index contributed by atoms with van der Waals surface area (Å²) in [4.78, 5) is 15.0. The van der Waals surface area contributed by atoms with E-state index in [1.165, 1.54) is 0 Å². The molecule has 1 heterocycles. The monoisotopic (exact) mass is 410 g/mol. The Morgan fingerprint density at radius 1 is 1.19 bits per heavy atom. The zero-order valence-corrected chi connectivity index (χ0v) is 16.8. The average Bonchev–Trinajstić information content (AvgIpc) is 2.70. The molecule has 1 atom stereocenters. The first-order valence-electron chi connectivity index (χ1n) is 8.68. The molecule has 27 heavy (non-hydrogen) atoms. The van der Waals surface area contributed by atoms with Gasteiger partial charge in [-0.3, -0.25) is 9.69 Å². The fraction of sp³-hybridized carbons (Fsp3) is 0.350. The third-order valence-electron chi connectivity index (χ3n) is 4.56. The van der Waals surface area contributed by atoms with Crippen molar-refractivity contribution in [3.8, 4) is 5.75 Å². The van der Waals surface area contributed by atoms with E-state index in [1.54, 1.807) is 19.2 Å². The van der Waals surface area contributed by atoms with E-state index in [0.717, 1.165) is 18.7 Å². The summed E-state index contributed by atoms with van der Waals surface area (Å²) in [6.07, 6.45) is 0. The van der Waals surface area contributed by atoms with Crippen LogP contribution in [0.4, 0.5) is 0 Å². The molecular weight excluding hydrogens is 387 g/mol. The second-order valence-corrected chi connectivity index (χ2v) is 6.50. The van der Waals surface area contributed by atoms with E-state index in [2.05, 4.69) is 10.2 Å². The Morgan fingerprint density at radius 2 is 1.85 bits per heavy atom. The number of amides is 1. The van der Waals surface area contributed by atoms with Crippen molar-refractivity contribution in [1.82, 2.24) is 10.2 Å². The quantitative estimate of drug-likeness (QED) is 0.790. The number of benzene rings is 2. The third-order valence-corrected chi connectivity index (χ3v) is 4.90. The second kappa shape index (κ2) is 10.5. The molecular formula is C20H24Cl2N2O3. The van der Waals surface area contributed by atoms with Crippen LogP contribution >= 0.6 is 24.0 Å². The Kier molecular flexibility index (Phi) is 8.38. The number of rotatable bonds is 6. The highest BCUT2D eigenvalue weighted by molar-refractivity contribution is 6.31. The first-order chi connectivity index (χ1) is 12.7. The van der Waals surface area contributed by atoms with Gasteiger partial charge >= 0.3 is 0 Å². The number of para-hydroxylation sites is 1. The Hall–Kier alpha value is -1.79. The Bertz CT molecular complexity index is 752. The van der Waals surface area contributed by atoms with E-state index in [4.69, 9.17) is 21.1 Å². The summed E-state index contributed by atoms with van der Waals surface area (Å²) < 4.78 is 10.7. The van der Waals surface area contributed by atoms with Gasteiger partial charge < -0.3 is 14.8 Å². The SMILES string of the molecule is COc1ccccc1C(=O)NCC(c1ccccc1Cl)N1CCOCC1.Cl. The van der Waals surface area contributed by atoms with Gasteiger partial charge in [0.05, 0.1) is 31.9 Å². The third kappa shape index (κ3) is 5.36. The molecule has 146 valence electrons. The Morgan fingerprint density at radius 3 is 2.56 bits per heavy atom. The van der Waals surface area contributed by atoms with Crippen LogP contribution in [0.25, 0.3) is 0 Å². The van der Waals surface area contributed by atoms with Crippen LogP contribution in [0, 0.1) is 0 Å². The molecule has 0 saturated carbocycles. The molecule has 3 rings (SSSR count). The highest BCUT2D eigenvalue weighted by Gasteiger charge is 2.25. The molecule has 1 unspecified atom stereocenters. The molecule has 0 bridgehead atoms. The molecule has 0 aromatic heterocycles. The summed E-state index contributed by atoms with van der Waals surface area (Å²) in [6.45, 7) is 3.43. The number of hydrogen-bond acceptors (Lipinski definition) is 4. The maximum atomic E-state index is 12.7. The van der Waals surface area contributed by atoms with Crippen LogP contribution in [-0.2, 0) is 4.74 Å². The minimum absolute atomic E-state index is 0. The largest absolute Gasteiger partial charge is 0.496 e. The smallest absolute Gasteiger partial charge is 0.255 e. The summed E-state index contributed by atoms with van der Waals surface area (Å²) in [7, 11) is 1.56. The van der Waals surface area contributed by atoms with Crippen LogP contribution in [0.5, 0.6) is 5.75 Å². The molecule has 7 heteroatoms. The zero-order chi connectivity index (χ0) is 18.4. The topological polar surface area (TPSA) is 50.8 Å². The van der Waals surface area contributed by atoms with Crippen molar-refractivity contribution in [2.75, 3.05) is 40.0 Å². The predicted molar refractivity (Wildman–Crippen MR) is 109 cm³/mol. The molecule has 0 aliphatic carbocycles. The van der Waals surface area contributed by atoms with Crippen LogP contribution in [0.3, 0.4) is 0 Å². The lowest BCUT2D eigenvalue weighted by Crippen LogP contribution is -2.44. The highest BCUT2D eigenvalue weighted by Crippen LogP contribution is 2.28. The average molecular weight is 411 g/mol. The molecule has 1 fully saturated rings. The van der Waals surface area contributed by atoms with Crippen molar-refractivity contribution in [2.24, 2.45) is 0 Å².